The molecule has 0 bridgehead atoms. The van der Waals surface area contributed by atoms with Gasteiger partial charge < -0.3 is 14.6 Å². The second kappa shape index (κ2) is 6.01. The fourth-order valence-electron chi connectivity index (χ4n) is 1.97. The van der Waals surface area contributed by atoms with Gasteiger partial charge in [0.1, 0.15) is 5.75 Å². The summed E-state index contributed by atoms with van der Waals surface area (Å²) >= 11 is 6.04. The predicted molar refractivity (Wildman–Crippen MR) is 76.9 cm³/mol. The molecule has 0 aliphatic rings. The van der Waals surface area contributed by atoms with Gasteiger partial charge in [-0.25, -0.2) is 9.18 Å². The molecule has 6 heteroatoms. The van der Waals surface area contributed by atoms with Crippen molar-refractivity contribution in [1.29, 1.82) is 0 Å². The molecule has 0 radical (unpaired) electrons. The highest BCUT2D eigenvalue weighted by molar-refractivity contribution is 6.32. The number of aromatic carboxylic acids is 1. The topological polar surface area (TPSA) is 55.8 Å². The molecule has 1 N–H and O–H groups in total. The first-order chi connectivity index (χ1) is 9.97. The van der Waals surface area contributed by atoms with Crippen molar-refractivity contribution in [2.24, 2.45) is 0 Å². The summed E-state index contributed by atoms with van der Waals surface area (Å²) < 4.78 is 24.0. The minimum absolute atomic E-state index is 0.0405. The molecule has 0 aromatic heterocycles. The van der Waals surface area contributed by atoms with Gasteiger partial charge in [-0.15, -0.1) is 0 Å². The average Bonchev–Trinajstić information content (AvgIpc) is 2.46. The first-order valence-electron chi connectivity index (χ1n) is 5.92. The van der Waals surface area contributed by atoms with Crippen LogP contribution in [-0.2, 0) is 0 Å². The number of carboxylic acid groups (broad SMARTS) is 1. The van der Waals surface area contributed by atoms with Crippen LogP contribution in [0.1, 0.15) is 10.4 Å². The molecule has 0 heterocycles. The summed E-state index contributed by atoms with van der Waals surface area (Å²) in [6, 6.07) is 7.07. The minimum atomic E-state index is -1.22. The quantitative estimate of drug-likeness (QED) is 0.931. The number of carboxylic acids is 1. The number of rotatable bonds is 4. The molecule has 2 rings (SSSR count). The fraction of sp³-hybridized carbons (Fsp3) is 0.133. The number of hydrogen-bond acceptors (Lipinski definition) is 3. The van der Waals surface area contributed by atoms with Crippen LogP contribution < -0.4 is 9.47 Å². The van der Waals surface area contributed by atoms with Gasteiger partial charge in [-0.3, -0.25) is 0 Å². The average molecular weight is 311 g/mol. The van der Waals surface area contributed by atoms with Gasteiger partial charge >= 0.3 is 5.97 Å². The summed E-state index contributed by atoms with van der Waals surface area (Å²) in [5.41, 5.74) is 0.661. The van der Waals surface area contributed by atoms with E-state index in [1.54, 1.807) is 18.2 Å². The molecule has 0 aliphatic heterocycles. The van der Waals surface area contributed by atoms with E-state index in [1.165, 1.54) is 20.3 Å². The molecule has 0 atom stereocenters. The molecule has 0 aliphatic carbocycles. The Labute approximate surface area is 125 Å². The van der Waals surface area contributed by atoms with Crippen LogP contribution in [0.4, 0.5) is 4.39 Å². The van der Waals surface area contributed by atoms with Gasteiger partial charge in [0.15, 0.2) is 11.6 Å². The van der Waals surface area contributed by atoms with Crippen LogP contribution in [0.2, 0.25) is 5.02 Å². The third-order valence-corrected chi connectivity index (χ3v) is 3.25. The van der Waals surface area contributed by atoms with Crippen LogP contribution in [0.25, 0.3) is 11.1 Å². The summed E-state index contributed by atoms with van der Waals surface area (Å²) in [4.78, 5) is 11.1. The molecule has 110 valence electrons. The molecule has 0 saturated carbocycles. The Bertz CT molecular complexity index is 700. The van der Waals surface area contributed by atoms with Crippen LogP contribution in [0, 0.1) is 5.82 Å². The Morgan fingerprint density at radius 2 is 1.90 bits per heavy atom. The zero-order chi connectivity index (χ0) is 15.6. The molecule has 2 aromatic carbocycles. The van der Waals surface area contributed by atoms with E-state index in [0.717, 1.165) is 6.07 Å². The Balaban J connectivity index is 2.66. The lowest BCUT2D eigenvalue weighted by atomic mass is 10.0. The second-order valence-electron chi connectivity index (χ2n) is 4.19. The largest absolute Gasteiger partial charge is 0.495 e. The highest BCUT2D eigenvalue weighted by atomic mass is 35.5. The summed E-state index contributed by atoms with van der Waals surface area (Å²) in [6.45, 7) is 0. The second-order valence-corrected chi connectivity index (χ2v) is 4.60. The molecule has 0 amide bonds. The van der Waals surface area contributed by atoms with Crippen LogP contribution in [0.3, 0.4) is 0 Å². The van der Waals surface area contributed by atoms with Crippen LogP contribution in [0.5, 0.6) is 11.5 Å². The van der Waals surface area contributed by atoms with E-state index in [2.05, 4.69) is 0 Å². The van der Waals surface area contributed by atoms with Crippen molar-refractivity contribution in [2.45, 2.75) is 0 Å². The van der Waals surface area contributed by atoms with E-state index in [-0.39, 0.29) is 11.3 Å². The third-order valence-electron chi connectivity index (χ3n) is 2.96. The van der Waals surface area contributed by atoms with Crippen molar-refractivity contribution in [2.75, 3.05) is 14.2 Å². The van der Waals surface area contributed by atoms with Crippen molar-refractivity contribution in [3.8, 4) is 22.6 Å². The molecule has 0 unspecified atom stereocenters. The van der Waals surface area contributed by atoms with E-state index >= 15 is 0 Å². The van der Waals surface area contributed by atoms with Crippen LogP contribution in [-0.4, -0.2) is 25.3 Å². The molecule has 0 saturated heterocycles. The lowest BCUT2D eigenvalue weighted by molar-refractivity contribution is 0.0696. The lowest BCUT2D eigenvalue weighted by Gasteiger charge is -2.12. The number of methoxy groups -OCH3 is 2. The highest BCUT2D eigenvalue weighted by Gasteiger charge is 2.17. The maximum absolute atomic E-state index is 14.0. The summed E-state index contributed by atoms with van der Waals surface area (Å²) in [5, 5.41) is 9.36. The molecular weight excluding hydrogens is 299 g/mol. The SMILES string of the molecule is COc1ccc(-c2cc(C(=O)O)cc(F)c2OC)cc1Cl. The molecule has 0 spiro atoms. The number of ether oxygens (including phenoxy) is 2. The fourth-order valence-corrected chi connectivity index (χ4v) is 2.23. The number of carbonyl (C=O) groups is 1. The lowest BCUT2D eigenvalue weighted by Crippen LogP contribution is -2.01. The first kappa shape index (κ1) is 15.1. The summed E-state index contributed by atoms with van der Waals surface area (Å²) in [7, 11) is 2.79. The van der Waals surface area contributed by atoms with Crippen molar-refractivity contribution in [3.05, 3.63) is 46.7 Å². The Morgan fingerprint density at radius 1 is 1.19 bits per heavy atom. The predicted octanol–water partition coefficient (Wildman–Crippen LogP) is 3.86. The van der Waals surface area contributed by atoms with E-state index in [4.69, 9.17) is 26.2 Å². The van der Waals surface area contributed by atoms with E-state index in [0.29, 0.717) is 21.9 Å². The van der Waals surface area contributed by atoms with Crippen molar-refractivity contribution in [3.63, 3.8) is 0 Å². The summed E-state index contributed by atoms with van der Waals surface area (Å²) in [5.74, 6) is -1.55. The van der Waals surface area contributed by atoms with Gasteiger partial charge in [-0.2, -0.15) is 0 Å². The van der Waals surface area contributed by atoms with Crippen LogP contribution in [0.15, 0.2) is 30.3 Å². The Morgan fingerprint density at radius 3 is 2.43 bits per heavy atom. The maximum Gasteiger partial charge on any atom is 0.335 e. The van der Waals surface area contributed by atoms with Gasteiger partial charge in [0.25, 0.3) is 0 Å². The maximum atomic E-state index is 14.0. The minimum Gasteiger partial charge on any atom is -0.495 e. The monoisotopic (exact) mass is 310 g/mol. The van der Waals surface area contributed by atoms with Gasteiger partial charge in [-0.05, 0) is 29.8 Å². The zero-order valence-electron chi connectivity index (χ0n) is 11.3. The molecule has 2 aromatic rings. The number of hydrogen-bond donors (Lipinski definition) is 1. The Kier molecular flexibility index (Phi) is 4.33. The van der Waals surface area contributed by atoms with Crippen molar-refractivity contribution >= 4 is 17.6 Å². The Hall–Kier alpha value is -2.27. The van der Waals surface area contributed by atoms with Gasteiger partial charge in [0.2, 0.25) is 0 Å². The van der Waals surface area contributed by atoms with Crippen LogP contribution >= 0.6 is 11.6 Å². The number of halogens is 2. The third kappa shape index (κ3) is 2.92. The van der Waals surface area contributed by atoms with Crippen molar-refractivity contribution in [1.82, 2.24) is 0 Å². The zero-order valence-corrected chi connectivity index (χ0v) is 12.1. The van der Waals surface area contributed by atoms with E-state index < -0.39 is 11.8 Å². The summed E-state index contributed by atoms with van der Waals surface area (Å²) in [6.07, 6.45) is 0. The smallest absolute Gasteiger partial charge is 0.335 e. The molecule has 21 heavy (non-hydrogen) atoms. The van der Waals surface area contributed by atoms with Gasteiger partial charge in [0.05, 0.1) is 24.8 Å². The van der Waals surface area contributed by atoms with Gasteiger partial charge in [-0.1, -0.05) is 17.7 Å². The molecular formula is C15H12ClFO4. The molecule has 0 fully saturated rings. The first-order valence-corrected chi connectivity index (χ1v) is 6.30. The standard InChI is InChI=1S/C15H12ClFO4/c1-20-13-4-3-8(6-11(13)16)10-5-9(15(18)19)7-12(17)14(10)21-2/h3-7H,1-2H3,(H,18,19). The normalized spacial score (nSPS) is 10.3. The molecule has 4 nitrogen and oxygen atoms in total. The van der Waals surface area contributed by atoms with Gasteiger partial charge in [0, 0.05) is 5.56 Å². The van der Waals surface area contributed by atoms with Crippen molar-refractivity contribution < 1.29 is 23.8 Å². The number of benzene rings is 2. The highest BCUT2D eigenvalue weighted by Crippen LogP contribution is 2.37. The van der Waals surface area contributed by atoms with E-state index in [9.17, 15) is 9.18 Å². The van der Waals surface area contributed by atoms with E-state index in [1.807, 2.05) is 0 Å².